The molecule has 0 saturated heterocycles. The van der Waals surface area contributed by atoms with Crippen molar-refractivity contribution < 1.29 is 0 Å². The summed E-state index contributed by atoms with van der Waals surface area (Å²) in [6.07, 6.45) is 2.70. The van der Waals surface area contributed by atoms with Crippen LogP contribution in [-0.4, -0.2) is 0 Å². The molecule has 0 amide bonds. The summed E-state index contributed by atoms with van der Waals surface area (Å²) >= 11 is 0. The molecule has 1 aliphatic rings. The van der Waals surface area contributed by atoms with Crippen molar-refractivity contribution >= 4 is 0 Å². The SMILES string of the molecule is CCC(C)(C)C(C)C(C(C)C)C1(C)CC(C(C)(C)C)C1C. The van der Waals surface area contributed by atoms with Crippen LogP contribution in [0.25, 0.3) is 0 Å². The zero-order valence-electron chi connectivity index (χ0n) is 16.8. The van der Waals surface area contributed by atoms with Gasteiger partial charge < -0.3 is 0 Å². The Morgan fingerprint density at radius 2 is 1.52 bits per heavy atom. The van der Waals surface area contributed by atoms with Gasteiger partial charge in [-0.15, -0.1) is 0 Å². The van der Waals surface area contributed by atoms with Gasteiger partial charge in [-0.2, -0.15) is 0 Å². The molecule has 0 aromatic rings. The van der Waals surface area contributed by atoms with Gasteiger partial charge in [-0.3, -0.25) is 0 Å². The van der Waals surface area contributed by atoms with Crippen LogP contribution < -0.4 is 0 Å². The minimum Gasteiger partial charge on any atom is -0.0649 e. The smallest absolute Gasteiger partial charge is 0.0261 e. The first-order chi connectivity index (χ1) is 9.29. The second-order valence-electron chi connectivity index (χ2n) is 10.4. The molecule has 21 heavy (non-hydrogen) atoms. The largest absolute Gasteiger partial charge is 0.0649 e. The summed E-state index contributed by atoms with van der Waals surface area (Å²) in [6, 6.07) is 0. The molecule has 1 rings (SSSR count). The number of hydrogen-bond donors (Lipinski definition) is 0. The highest BCUT2D eigenvalue weighted by atomic mass is 14.6. The van der Waals surface area contributed by atoms with Crippen LogP contribution in [0, 0.1) is 45.8 Å². The van der Waals surface area contributed by atoms with Crippen molar-refractivity contribution in [1.29, 1.82) is 0 Å². The highest BCUT2D eigenvalue weighted by molar-refractivity contribution is 5.06. The first kappa shape index (κ1) is 19.0. The fourth-order valence-corrected chi connectivity index (χ4v) is 5.35. The molecule has 0 aromatic carbocycles. The molecule has 5 atom stereocenters. The average molecular weight is 295 g/mol. The first-order valence-electron chi connectivity index (χ1n) is 9.29. The van der Waals surface area contributed by atoms with Gasteiger partial charge in [-0.05, 0) is 52.3 Å². The van der Waals surface area contributed by atoms with Gasteiger partial charge in [0, 0.05) is 0 Å². The van der Waals surface area contributed by atoms with Gasteiger partial charge in [0.2, 0.25) is 0 Å². The molecular weight excluding hydrogens is 252 g/mol. The van der Waals surface area contributed by atoms with E-state index in [-0.39, 0.29) is 0 Å². The zero-order chi connectivity index (χ0) is 16.8. The maximum absolute atomic E-state index is 2.59. The molecule has 0 spiro atoms. The Balaban J connectivity index is 3.04. The molecule has 0 nitrogen and oxygen atoms in total. The van der Waals surface area contributed by atoms with Crippen LogP contribution in [0.2, 0.25) is 0 Å². The summed E-state index contributed by atoms with van der Waals surface area (Å²) in [5.74, 6) is 4.14. The van der Waals surface area contributed by atoms with Gasteiger partial charge >= 0.3 is 0 Å². The molecular formula is C21H42. The molecule has 1 fully saturated rings. The molecule has 1 saturated carbocycles. The molecule has 0 aromatic heterocycles. The van der Waals surface area contributed by atoms with Crippen molar-refractivity contribution in [3.63, 3.8) is 0 Å². The summed E-state index contributed by atoms with van der Waals surface area (Å²) in [5.41, 5.74) is 1.44. The zero-order valence-corrected chi connectivity index (χ0v) is 16.8. The van der Waals surface area contributed by atoms with Crippen LogP contribution >= 0.6 is 0 Å². The number of hydrogen-bond acceptors (Lipinski definition) is 0. The monoisotopic (exact) mass is 294 g/mol. The summed E-state index contributed by atoms with van der Waals surface area (Å²) in [6.45, 7) is 27.1. The van der Waals surface area contributed by atoms with Crippen molar-refractivity contribution in [3.05, 3.63) is 0 Å². The quantitative estimate of drug-likeness (QED) is 0.510. The maximum atomic E-state index is 2.59. The van der Waals surface area contributed by atoms with E-state index in [9.17, 15) is 0 Å². The van der Waals surface area contributed by atoms with Crippen molar-refractivity contribution in [1.82, 2.24) is 0 Å². The van der Waals surface area contributed by atoms with Crippen LogP contribution in [0.3, 0.4) is 0 Å². The van der Waals surface area contributed by atoms with Gasteiger partial charge in [-0.25, -0.2) is 0 Å². The van der Waals surface area contributed by atoms with E-state index in [1.807, 2.05) is 0 Å². The lowest BCUT2D eigenvalue weighted by molar-refractivity contribution is -0.150. The Morgan fingerprint density at radius 3 is 1.81 bits per heavy atom. The topological polar surface area (TPSA) is 0 Å². The van der Waals surface area contributed by atoms with Crippen LogP contribution in [0.15, 0.2) is 0 Å². The first-order valence-corrected chi connectivity index (χ1v) is 9.29. The molecule has 0 aliphatic heterocycles. The summed E-state index contributed by atoms with van der Waals surface area (Å²) in [5, 5.41) is 0. The summed E-state index contributed by atoms with van der Waals surface area (Å²) in [7, 11) is 0. The fourth-order valence-electron chi connectivity index (χ4n) is 5.35. The average Bonchev–Trinajstić information content (AvgIpc) is 2.33. The second kappa shape index (κ2) is 5.89. The molecule has 5 unspecified atom stereocenters. The van der Waals surface area contributed by atoms with Crippen molar-refractivity contribution in [2.24, 2.45) is 45.8 Å². The molecule has 126 valence electrons. The van der Waals surface area contributed by atoms with E-state index in [2.05, 4.69) is 76.2 Å². The van der Waals surface area contributed by atoms with E-state index >= 15 is 0 Å². The van der Waals surface area contributed by atoms with Crippen molar-refractivity contribution in [2.45, 2.75) is 89.0 Å². The third-order valence-corrected chi connectivity index (χ3v) is 7.58. The fraction of sp³-hybridized carbons (Fsp3) is 1.00. The van der Waals surface area contributed by atoms with Crippen LogP contribution in [0.5, 0.6) is 0 Å². The molecule has 0 radical (unpaired) electrons. The van der Waals surface area contributed by atoms with Gasteiger partial charge in [0.25, 0.3) is 0 Å². The van der Waals surface area contributed by atoms with E-state index < -0.39 is 0 Å². The summed E-state index contributed by atoms with van der Waals surface area (Å²) in [4.78, 5) is 0. The Bertz CT molecular complexity index is 344. The third kappa shape index (κ3) is 3.35. The van der Waals surface area contributed by atoms with Gasteiger partial charge in [0.05, 0.1) is 0 Å². The van der Waals surface area contributed by atoms with Gasteiger partial charge in [-0.1, -0.05) is 82.6 Å². The van der Waals surface area contributed by atoms with E-state index in [1.54, 1.807) is 0 Å². The lowest BCUT2D eigenvalue weighted by Crippen LogP contribution is -2.57. The molecule has 0 bridgehead atoms. The van der Waals surface area contributed by atoms with Crippen LogP contribution in [-0.2, 0) is 0 Å². The van der Waals surface area contributed by atoms with Gasteiger partial charge in [0.1, 0.15) is 0 Å². The standard InChI is InChI=1S/C21H42/c1-12-20(9,10)16(5)18(14(2)3)21(11)13-17(15(21)4)19(6,7)8/h14-18H,12-13H2,1-11H3. The Kier molecular flexibility index (Phi) is 5.35. The van der Waals surface area contributed by atoms with Gasteiger partial charge in [0.15, 0.2) is 0 Å². The minimum atomic E-state index is 0.449. The Morgan fingerprint density at radius 1 is 1.05 bits per heavy atom. The molecule has 0 heterocycles. The van der Waals surface area contributed by atoms with Crippen molar-refractivity contribution in [3.8, 4) is 0 Å². The molecule has 0 N–H and O–H groups in total. The van der Waals surface area contributed by atoms with E-state index in [0.29, 0.717) is 16.2 Å². The molecule has 1 aliphatic carbocycles. The second-order valence-corrected chi connectivity index (χ2v) is 10.4. The summed E-state index contributed by atoms with van der Waals surface area (Å²) < 4.78 is 0. The molecule has 0 heteroatoms. The lowest BCUT2D eigenvalue weighted by Gasteiger charge is -2.63. The predicted octanol–water partition coefficient (Wildman–Crippen LogP) is 7.04. The predicted molar refractivity (Wildman–Crippen MR) is 96.4 cm³/mol. The normalized spacial score (nSPS) is 33.7. The van der Waals surface area contributed by atoms with E-state index in [1.165, 1.54) is 12.8 Å². The highest BCUT2D eigenvalue weighted by Crippen LogP contribution is 2.64. The lowest BCUT2D eigenvalue weighted by atomic mass is 9.41. The minimum absolute atomic E-state index is 0.449. The highest BCUT2D eigenvalue weighted by Gasteiger charge is 2.57. The third-order valence-electron chi connectivity index (χ3n) is 7.58. The maximum Gasteiger partial charge on any atom is -0.0261 e. The Hall–Kier alpha value is 0. The van der Waals surface area contributed by atoms with Crippen molar-refractivity contribution in [2.75, 3.05) is 0 Å². The van der Waals surface area contributed by atoms with E-state index in [4.69, 9.17) is 0 Å². The number of rotatable bonds is 5. The Labute approximate surface area is 135 Å². The van der Waals surface area contributed by atoms with Crippen LogP contribution in [0.4, 0.5) is 0 Å². The van der Waals surface area contributed by atoms with E-state index in [0.717, 1.165) is 29.6 Å². The van der Waals surface area contributed by atoms with Crippen LogP contribution in [0.1, 0.15) is 89.0 Å².